The van der Waals surface area contributed by atoms with Crippen LogP contribution in [0.2, 0.25) is 0 Å². The van der Waals surface area contributed by atoms with E-state index in [1.54, 1.807) is 33.6 Å². The molecule has 412 valence electrons. The van der Waals surface area contributed by atoms with Gasteiger partial charge in [0.1, 0.15) is 29.2 Å². The van der Waals surface area contributed by atoms with Gasteiger partial charge in [0.15, 0.2) is 5.43 Å². The van der Waals surface area contributed by atoms with E-state index in [0.717, 1.165) is 62.8 Å². The molecule has 4 atom stereocenters. The molecule has 0 radical (unpaired) electrons. The number of nitrogens with two attached hydrogens (primary N) is 2. The predicted molar refractivity (Wildman–Crippen MR) is 295 cm³/mol. The molecule has 6 heterocycles. The van der Waals surface area contributed by atoms with Crippen molar-refractivity contribution in [3.8, 4) is 28.2 Å². The summed E-state index contributed by atoms with van der Waals surface area (Å²) in [5.74, 6) is -0.240. The Balaban J connectivity index is 0.998. The van der Waals surface area contributed by atoms with Gasteiger partial charge in [-0.3, -0.25) is 14.4 Å². The van der Waals surface area contributed by atoms with Crippen molar-refractivity contribution in [1.82, 2.24) is 54.7 Å². The number of benzene rings is 3. The minimum atomic E-state index is -1.21. The van der Waals surface area contributed by atoms with Crippen LogP contribution in [0.4, 0.5) is 23.5 Å². The van der Waals surface area contributed by atoms with Gasteiger partial charge in [0, 0.05) is 99.1 Å². The summed E-state index contributed by atoms with van der Waals surface area (Å²) in [5.41, 5.74) is 14.8. The molecule has 9 rings (SSSR count). The molecule has 2 aromatic carbocycles. The number of carbonyl (C=O) groups is 3. The molecule has 7 N–H and O–H groups in total. The van der Waals surface area contributed by atoms with Crippen LogP contribution < -0.4 is 32.0 Å². The molecular weight excluding hydrogens is 997 g/mol. The van der Waals surface area contributed by atoms with Crippen LogP contribution in [0.1, 0.15) is 100 Å². The van der Waals surface area contributed by atoms with Crippen molar-refractivity contribution in [1.29, 1.82) is 0 Å². The number of hydrogen-bond donors (Lipinski definition) is 5. The molecule has 78 heavy (non-hydrogen) atoms. The summed E-state index contributed by atoms with van der Waals surface area (Å²) in [7, 11) is 0. The van der Waals surface area contributed by atoms with Crippen molar-refractivity contribution in [2.75, 3.05) is 80.6 Å². The van der Waals surface area contributed by atoms with E-state index in [1.807, 2.05) is 32.0 Å². The minimum Gasteiger partial charge on any atom is -0.508 e. The van der Waals surface area contributed by atoms with Crippen molar-refractivity contribution in [3.05, 3.63) is 94.2 Å². The second-order valence-electron chi connectivity index (χ2n) is 20.4. The number of carboxylic acids is 1. The number of aromatic nitrogens is 9. The summed E-state index contributed by atoms with van der Waals surface area (Å²) in [6.45, 7) is 12.6. The van der Waals surface area contributed by atoms with Crippen molar-refractivity contribution in [2.24, 2.45) is 23.3 Å². The van der Waals surface area contributed by atoms with Gasteiger partial charge in [0.05, 0.1) is 17.0 Å². The molecule has 0 bridgehead atoms. The number of phenolic OH excluding ortho intramolecular Hbond substituents is 1. The molecule has 0 unspecified atom stereocenters. The number of hydrogen-bond acceptors (Lipinski definition) is 18. The molecule has 23 nitrogen and oxygen atoms in total. The van der Waals surface area contributed by atoms with Gasteiger partial charge in [-0.2, -0.15) is 15.0 Å². The fourth-order valence-corrected chi connectivity index (χ4v) is 10.3. The van der Waals surface area contributed by atoms with Crippen LogP contribution in [0.3, 0.4) is 0 Å². The number of aromatic hydroxyl groups is 1. The molecule has 23 heteroatoms. The summed E-state index contributed by atoms with van der Waals surface area (Å²) in [6, 6.07) is 12.7. The van der Waals surface area contributed by atoms with Gasteiger partial charge in [0.25, 0.3) is 0 Å². The van der Waals surface area contributed by atoms with E-state index in [1.165, 1.54) is 30.3 Å². The van der Waals surface area contributed by atoms with Crippen LogP contribution in [0.25, 0.3) is 33.4 Å². The van der Waals surface area contributed by atoms with Crippen LogP contribution >= 0.6 is 0 Å². The molecule has 3 aromatic heterocycles. The number of amides is 2. The summed E-state index contributed by atoms with van der Waals surface area (Å²) >= 11 is 0. The number of fused-ring (bicyclic) bond motifs is 2. The highest BCUT2D eigenvalue weighted by molar-refractivity contribution is 6.08. The Hall–Kier alpha value is -8.05. The minimum absolute atomic E-state index is 0.00312. The van der Waals surface area contributed by atoms with Gasteiger partial charge in [-0.15, -0.1) is 10.2 Å². The van der Waals surface area contributed by atoms with Gasteiger partial charge in [-0.25, -0.2) is 14.2 Å². The predicted octanol–water partition coefficient (Wildman–Crippen LogP) is 5.52. The van der Waals surface area contributed by atoms with Crippen molar-refractivity contribution >= 4 is 52.3 Å². The van der Waals surface area contributed by atoms with Crippen LogP contribution in [-0.2, 0) is 22.4 Å². The number of anilines is 4. The number of phenols is 1. The highest BCUT2D eigenvalue weighted by Gasteiger charge is 2.36. The van der Waals surface area contributed by atoms with Gasteiger partial charge in [0.2, 0.25) is 29.7 Å². The number of aromatic carboxylic acids is 1. The molecular formula is C55H70N16O7. The fourth-order valence-electron chi connectivity index (χ4n) is 10.3. The number of piperazine rings is 2. The third kappa shape index (κ3) is 12.1. The van der Waals surface area contributed by atoms with Gasteiger partial charge >= 0.3 is 5.97 Å². The monoisotopic (exact) mass is 1070 g/mol. The van der Waals surface area contributed by atoms with E-state index in [2.05, 4.69) is 53.6 Å². The smallest absolute Gasteiger partial charge is 0.336 e. The molecule has 5 aromatic rings. The van der Waals surface area contributed by atoms with E-state index in [0.29, 0.717) is 105 Å². The topological polar surface area (TPSA) is 299 Å². The normalized spacial score (nSPS) is 15.7. The first-order valence-corrected chi connectivity index (χ1v) is 27.2. The van der Waals surface area contributed by atoms with Crippen LogP contribution in [0.15, 0.2) is 76.2 Å². The van der Waals surface area contributed by atoms with E-state index in [9.17, 15) is 29.4 Å². The maximum atomic E-state index is 14.4. The maximum absolute atomic E-state index is 14.4. The van der Waals surface area contributed by atoms with E-state index in [-0.39, 0.29) is 57.7 Å². The SMILES string of the molecule is CC[C@H](C)[C@@H](C(=O)N1CCN(c2nc(Nc3ccc(-c4c5ccc(=O)cc-5oc5cc(O)ccc45)c(C(=O)O)c3)nc(N3CCN(C(=O)[C@H]([C@@H](C)CC)n4cc(CCCCN)nn4)CC3)n2)CC1)n1cc(CCCCN)nn1. The lowest BCUT2D eigenvalue weighted by Crippen LogP contribution is -2.52. The lowest BCUT2D eigenvalue weighted by atomic mass is 9.90. The number of unbranched alkanes of at least 4 members (excludes halogenated alkanes) is 2. The molecule has 0 saturated carbocycles. The van der Waals surface area contributed by atoms with Crippen molar-refractivity contribution in [3.63, 3.8) is 0 Å². The Bertz CT molecular complexity index is 3140. The summed E-state index contributed by atoms with van der Waals surface area (Å²) < 4.78 is 9.46. The fraction of sp³-hybridized carbons (Fsp3) is 0.473. The Labute approximate surface area is 452 Å². The molecule has 4 aliphatic rings. The molecule has 3 aliphatic heterocycles. The number of carboxylic acid groups (broad SMARTS) is 1. The quantitative estimate of drug-likeness (QED) is 0.0413. The Morgan fingerprint density at radius 3 is 1.73 bits per heavy atom. The average molecular weight is 1070 g/mol. The van der Waals surface area contributed by atoms with Crippen LogP contribution in [0.5, 0.6) is 5.75 Å². The summed E-state index contributed by atoms with van der Waals surface area (Å²) in [5, 5.41) is 42.6. The lowest BCUT2D eigenvalue weighted by Gasteiger charge is -2.38. The molecule has 2 fully saturated rings. The zero-order valence-electron chi connectivity index (χ0n) is 44.8. The van der Waals surface area contributed by atoms with Crippen molar-refractivity contribution < 1.29 is 29.0 Å². The average Bonchev–Trinajstić information content (AvgIpc) is 4.14. The molecule has 1 aliphatic carbocycles. The summed E-state index contributed by atoms with van der Waals surface area (Å²) in [6.07, 6.45) is 10.3. The van der Waals surface area contributed by atoms with Crippen LogP contribution in [-0.4, -0.2) is 148 Å². The first-order chi connectivity index (χ1) is 37.8. The zero-order chi connectivity index (χ0) is 55.0. The third-order valence-electron chi connectivity index (χ3n) is 15.1. The Morgan fingerprint density at radius 2 is 1.22 bits per heavy atom. The summed E-state index contributed by atoms with van der Waals surface area (Å²) in [4.78, 5) is 77.1. The van der Waals surface area contributed by atoms with E-state index in [4.69, 9.17) is 30.8 Å². The highest BCUT2D eigenvalue weighted by Crippen LogP contribution is 2.43. The maximum Gasteiger partial charge on any atom is 0.336 e. The van der Waals surface area contributed by atoms with Crippen LogP contribution in [0, 0.1) is 11.8 Å². The number of aryl methyl sites for hydroxylation is 2. The molecule has 0 spiro atoms. The first kappa shape index (κ1) is 54.7. The number of nitrogens with one attached hydrogen (secondary N) is 1. The van der Waals surface area contributed by atoms with E-state index >= 15 is 0 Å². The van der Waals surface area contributed by atoms with Crippen molar-refractivity contribution in [2.45, 2.75) is 91.1 Å². The second kappa shape index (κ2) is 24.5. The first-order valence-electron chi connectivity index (χ1n) is 27.2. The zero-order valence-corrected chi connectivity index (χ0v) is 44.8. The van der Waals surface area contributed by atoms with Gasteiger partial charge in [-0.1, -0.05) is 57.0 Å². The largest absolute Gasteiger partial charge is 0.508 e. The van der Waals surface area contributed by atoms with E-state index < -0.39 is 18.1 Å². The molecule has 2 amide bonds. The number of carbonyl (C=O) groups excluding carboxylic acids is 2. The van der Waals surface area contributed by atoms with Gasteiger partial charge < -0.3 is 51.0 Å². The highest BCUT2D eigenvalue weighted by atomic mass is 16.4. The number of nitrogens with zero attached hydrogens (tertiary/aromatic N) is 13. The lowest BCUT2D eigenvalue weighted by molar-refractivity contribution is -0.137. The Kier molecular flexibility index (Phi) is 17.2. The standard InChI is InChI=1S/C55H70N16O7/c1-5-34(3)48(70-32-37(62-64-70)11-7-9-19-56)50(74)66-21-25-68(26-22-66)54-59-53(60-55(61-54)69-27-23-67(24-28-69)51(75)49(35(4)6-2)71-33-38(63-65-71)12-8-10-20-57)58-36-13-16-41(44(29-36)52(76)77)47-42-17-14-39(72)30-45(42)78-46-31-40(73)15-18-43(46)47/h13-18,29-35,48-49,72H,5-12,19-28,56-57H2,1-4H3,(H,76,77)(H,58,59,60,61)/t34-,35-,48-,49-/m0/s1. The second-order valence-corrected chi connectivity index (χ2v) is 20.4. The molecule has 2 saturated heterocycles. The number of rotatable bonds is 22. The van der Waals surface area contributed by atoms with Gasteiger partial charge in [-0.05, 0) is 105 Å². The Morgan fingerprint density at radius 1 is 0.679 bits per heavy atom. The third-order valence-corrected chi connectivity index (χ3v) is 15.1.